The first-order valence-corrected chi connectivity index (χ1v) is 5.82. The second-order valence-electron chi connectivity index (χ2n) is 4.14. The summed E-state index contributed by atoms with van der Waals surface area (Å²) in [6.45, 7) is 0.908. The molecule has 17 heavy (non-hydrogen) atoms. The summed E-state index contributed by atoms with van der Waals surface area (Å²) in [5, 5.41) is 2.05. The Morgan fingerprint density at radius 2 is 1.47 bits per heavy atom. The largest absolute Gasteiger partial charge is 0.258 e. The van der Waals surface area contributed by atoms with Crippen molar-refractivity contribution in [3.63, 3.8) is 0 Å². The summed E-state index contributed by atoms with van der Waals surface area (Å²) in [6.07, 6.45) is 0. The molecule has 0 atom stereocenters. The van der Waals surface area contributed by atoms with Crippen LogP contribution < -0.4 is 5.43 Å². The van der Waals surface area contributed by atoms with Crippen LogP contribution in [0.3, 0.4) is 0 Å². The molecule has 0 unspecified atom stereocenters. The lowest BCUT2D eigenvalue weighted by Crippen LogP contribution is -2.29. The van der Waals surface area contributed by atoms with Crippen molar-refractivity contribution >= 4 is 0 Å². The highest BCUT2D eigenvalue weighted by Gasteiger charge is 1.99. The van der Waals surface area contributed by atoms with Gasteiger partial charge >= 0.3 is 0 Å². The van der Waals surface area contributed by atoms with Crippen LogP contribution in [0.4, 0.5) is 0 Å². The molecule has 0 spiro atoms. The Hall–Kier alpha value is -1.64. The van der Waals surface area contributed by atoms with Gasteiger partial charge in [-0.3, -0.25) is 5.43 Å². The summed E-state index contributed by atoms with van der Waals surface area (Å²) in [5.74, 6) is 0. The molecule has 0 saturated heterocycles. The van der Waals surface area contributed by atoms with E-state index >= 15 is 0 Å². The molecule has 0 radical (unpaired) electrons. The Morgan fingerprint density at radius 1 is 0.882 bits per heavy atom. The zero-order chi connectivity index (χ0) is 12.1. The van der Waals surface area contributed by atoms with E-state index in [1.807, 2.05) is 20.2 Å². The van der Waals surface area contributed by atoms with Crippen LogP contribution in [-0.4, -0.2) is 19.1 Å². The Bertz CT molecular complexity index is 448. The third-order valence-corrected chi connectivity index (χ3v) is 2.86. The first-order chi connectivity index (χ1) is 8.29. The quantitative estimate of drug-likeness (QED) is 0.806. The fourth-order valence-electron chi connectivity index (χ4n) is 1.79. The predicted octanol–water partition coefficient (Wildman–Crippen LogP) is 2.92. The third-order valence-electron chi connectivity index (χ3n) is 2.86. The number of hydrazine groups is 1. The molecule has 0 fully saturated rings. The molecule has 0 aliphatic rings. The minimum Gasteiger partial charge on any atom is -0.258 e. The monoisotopic (exact) mass is 226 g/mol. The van der Waals surface area contributed by atoms with Gasteiger partial charge in [0.25, 0.3) is 0 Å². The highest BCUT2D eigenvalue weighted by Crippen LogP contribution is 2.19. The van der Waals surface area contributed by atoms with Gasteiger partial charge in [0, 0.05) is 13.6 Å². The zero-order valence-corrected chi connectivity index (χ0v) is 10.4. The van der Waals surface area contributed by atoms with Crippen molar-refractivity contribution in [1.82, 2.24) is 10.4 Å². The summed E-state index contributed by atoms with van der Waals surface area (Å²) >= 11 is 0. The highest BCUT2D eigenvalue weighted by molar-refractivity contribution is 5.63. The normalized spacial score (nSPS) is 10.8. The van der Waals surface area contributed by atoms with Crippen LogP contribution in [0.15, 0.2) is 54.6 Å². The van der Waals surface area contributed by atoms with Crippen molar-refractivity contribution in [2.45, 2.75) is 6.54 Å². The molecule has 0 amide bonds. The second kappa shape index (κ2) is 5.62. The SMILES string of the molecule is CNN(C)Cc1ccc(-c2ccccc2)cc1. The number of hydrogen-bond acceptors (Lipinski definition) is 2. The van der Waals surface area contributed by atoms with E-state index in [4.69, 9.17) is 0 Å². The Kier molecular flexibility index (Phi) is 3.91. The molecular formula is C15H18N2. The summed E-state index contributed by atoms with van der Waals surface area (Å²) in [6, 6.07) is 19.1. The van der Waals surface area contributed by atoms with Crippen LogP contribution >= 0.6 is 0 Å². The molecule has 2 aromatic carbocycles. The van der Waals surface area contributed by atoms with Gasteiger partial charge in [-0.15, -0.1) is 0 Å². The molecule has 2 aromatic rings. The van der Waals surface area contributed by atoms with Gasteiger partial charge in [-0.2, -0.15) is 0 Å². The molecule has 0 bridgehead atoms. The van der Waals surface area contributed by atoms with Gasteiger partial charge in [0.1, 0.15) is 0 Å². The number of nitrogens with one attached hydrogen (secondary N) is 1. The van der Waals surface area contributed by atoms with Gasteiger partial charge in [0.15, 0.2) is 0 Å². The molecule has 0 aliphatic heterocycles. The fourth-order valence-corrected chi connectivity index (χ4v) is 1.79. The summed E-state index contributed by atoms with van der Waals surface area (Å²) < 4.78 is 0. The van der Waals surface area contributed by atoms with Crippen LogP contribution in [-0.2, 0) is 6.54 Å². The van der Waals surface area contributed by atoms with Crippen LogP contribution in [0.1, 0.15) is 5.56 Å². The maximum Gasteiger partial charge on any atom is 0.0378 e. The smallest absolute Gasteiger partial charge is 0.0378 e. The van der Waals surface area contributed by atoms with Crippen molar-refractivity contribution in [3.8, 4) is 11.1 Å². The summed E-state index contributed by atoms with van der Waals surface area (Å²) in [7, 11) is 3.96. The average Bonchev–Trinajstić information content (AvgIpc) is 2.40. The number of nitrogens with zero attached hydrogens (tertiary/aromatic N) is 1. The van der Waals surface area contributed by atoms with Gasteiger partial charge in [-0.05, 0) is 23.7 Å². The van der Waals surface area contributed by atoms with Gasteiger partial charge in [0.05, 0.1) is 0 Å². The minimum absolute atomic E-state index is 0.908. The fraction of sp³-hybridized carbons (Fsp3) is 0.200. The number of hydrogen-bond donors (Lipinski definition) is 1. The average molecular weight is 226 g/mol. The maximum absolute atomic E-state index is 3.09. The van der Waals surface area contributed by atoms with Crippen molar-refractivity contribution in [1.29, 1.82) is 0 Å². The van der Waals surface area contributed by atoms with E-state index in [-0.39, 0.29) is 0 Å². The van der Waals surface area contributed by atoms with E-state index in [1.165, 1.54) is 16.7 Å². The van der Waals surface area contributed by atoms with Crippen molar-refractivity contribution in [2.75, 3.05) is 14.1 Å². The van der Waals surface area contributed by atoms with Crippen LogP contribution in [0.5, 0.6) is 0 Å². The van der Waals surface area contributed by atoms with Crippen molar-refractivity contribution in [3.05, 3.63) is 60.2 Å². The topological polar surface area (TPSA) is 15.3 Å². The first-order valence-electron chi connectivity index (χ1n) is 5.82. The molecule has 2 rings (SSSR count). The van der Waals surface area contributed by atoms with Crippen molar-refractivity contribution in [2.24, 2.45) is 0 Å². The second-order valence-corrected chi connectivity index (χ2v) is 4.14. The standard InChI is InChI=1S/C15H18N2/c1-16-17(2)12-13-8-10-15(11-9-13)14-6-4-3-5-7-14/h3-11,16H,12H2,1-2H3. The Morgan fingerprint density at radius 3 is 2.06 bits per heavy atom. The van der Waals surface area contributed by atoms with E-state index in [9.17, 15) is 0 Å². The van der Waals surface area contributed by atoms with E-state index in [0.29, 0.717) is 0 Å². The van der Waals surface area contributed by atoms with Gasteiger partial charge in [-0.1, -0.05) is 54.6 Å². The third kappa shape index (κ3) is 3.16. The predicted molar refractivity (Wildman–Crippen MR) is 72.4 cm³/mol. The van der Waals surface area contributed by atoms with Crippen molar-refractivity contribution < 1.29 is 0 Å². The van der Waals surface area contributed by atoms with E-state index in [2.05, 4.69) is 59.0 Å². The highest BCUT2D eigenvalue weighted by atomic mass is 15.5. The Balaban J connectivity index is 2.13. The maximum atomic E-state index is 3.09. The minimum atomic E-state index is 0.908. The van der Waals surface area contributed by atoms with Gasteiger partial charge in [-0.25, -0.2) is 5.01 Å². The van der Waals surface area contributed by atoms with Crippen LogP contribution in [0.25, 0.3) is 11.1 Å². The summed E-state index contributed by atoms with van der Waals surface area (Å²) in [4.78, 5) is 0. The lowest BCUT2D eigenvalue weighted by Gasteiger charge is -2.14. The van der Waals surface area contributed by atoms with Gasteiger partial charge < -0.3 is 0 Å². The van der Waals surface area contributed by atoms with E-state index in [1.54, 1.807) is 0 Å². The molecule has 0 heterocycles. The number of rotatable bonds is 4. The molecule has 1 N–H and O–H groups in total. The lowest BCUT2D eigenvalue weighted by molar-refractivity contribution is 0.251. The summed E-state index contributed by atoms with van der Waals surface area (Å²) in [5.41, 5.74) is 6.93. The van der Waals surface area contributed by atoms with Gasteiger partial charge in [0.2, 0.25) is 0 Å². The molecule has 0 aromatic heterocycles. The van der Waals surface area contributed by atoms with Crippen LogP contribution in [0, 0.1) is 0 Å². The Labute approximate surface area is 103 Å². The molecule has 2 heteroatoms. The number of benzene rings is 2. The van der Waals surface area contributed by atoms with Crippen LogP contribution in [0.2, 0.25) is 0 Å². The molecule has 2 nitrogen and oxygen atoms in total. The first kappa shape index (κ1) is 11.8. The van der Waals surface area contributed by atoms with E-state index in [0.717, 1.165) is 6.54 Å². The molecule has 0 aliphatic carbocycles. The lowest BCUT2D eigenvalue weighted by atomic mass is 10.0. The zero-order valence-electron chi connectivity index (χ0n) is 10.4. The molecule has 0 saturated carbocycles. The molecular weight excluding hydrogens is 208 g/mol. The van der Waals surface area contributed by atoms with E-state index < -0.39 is 0 Å². The molecule has 88 valence electrons.